The minimum absolute atomic E-state index is 0.0150. The molecule has 51 heavy (non-hydrogen) atoms. The molecule has 0 radical (unpaired) electrons. The van der Waals surface area contributed by atoms with Crippen molar-refractivity contribution in [1.82, 2.24) is 11.0 Å². The van der Waals surface area contributed by atoms with Crippen molar-refractivity contribution < 1.29 is 42.6 Å². The Morgan fingerprint density at radius 2 is 1.22 bits per heavy atom. The van der Waals surface area contributed by atoms with E-state index in [0.29, 0.717) is 24.6 Å². The summed E-state index contributed by atoms with van der Waals surface area (Å²) < 4.78 is 39.6. The maximum atomic E-state index is 13.7. The number of nitrogens with one attached hydrogen (secondary N) is 4. The van der Waals surface area contributed by atoms with Gasteiger partial charge in [0.2, 0.25) is 0 Å². The number of methoxy groups -OCH3 is 1. The van der Waals surface area contributed by atoms with Crippen LogP contribution in [-0.2, 0) is 19.1 Å². The second-order valence-corrected chi connectivity index (χ2v) is 13.3. The van der Waals surface area contributed by atoms with E-state index in [-0.39, 0.29) is 30.9 Å². The molecule has 4 aromatic carbocycles. The molecule has 0 fully saturated rings. The van der Waals surface area contributed by atoms with Gasteiger partial charge < -0.3 is 25.2 Å². The molecule has 0 saturated heterocycles. The van der Waals surface area contributed by atoms with E-state index in [1.54, 1.807) is 0 Å². The second-order valence-electron chi connectivity index (χ2n) is 10.8. The minimum atomic E-state index is -0.546. The Bertz CT molecular complexity index is 1760. The first-order chi connectivity index (χ1) is 24.4. The summed E-state index contributed by atoms with van der Waals surface area (Å²) in [6, 6.07) is 19.3. The van der Waals surface area contributed by atoms with Gasteiger partial charge in [-0.3, -0.25) is 19.3 Å². The summed E-state index contributed by atoms with van der Waals surface area (Å²) in [5.41, 5.74) is 9.36. The van der Waals surface area contributed by atoms with Crippen LogP contribution >= 0.6 is 45.2 Å². The number of halogens is 4. The average Bonchev–Trinajstić information content (AvgIpc) is 3.09. The van der Waals surface area contributed by atoms with Crippen molar-refractivity contribution in [2.45, 2.75) is 26.9 Å². The van der Waals surface area contributed by atoms with E-state index in [2.05, 4.69) is 66.8 Å². The number of hydrogen-bond acceptors (Lipinski definition) is 9. The number of hydroxylamine groups is 2. The SMILES string of the molecule is CCOCCONC(=O)c1ccc(F)cc1Nc1ccc(I)cc1C.COC(CO)CONC(=O)c1ccc(F)cc1Nc1ccc(I)cc1C. The fourth-order valence-electron chi connectivity index (χ4n) is 4.33. The van der Waals surface area contributed by atoms with Crippen LogP contribution in [0.5, 0.6) is 0 Å². The Morgan fingerprint density at radius 1 is 0.725 bits per heavy atom. The number of aliphatic hydroxyl groups is 1. The van der Waals surface area contributed by atoms with E-state index in [4.69, 9.17) is 24.3 Å². The zero-order valence-electron chi connectivity index (χ0n) is 28.4. The van der Waals surface area contributed by atoms with Gasteiger partial charge in [-0.2, -0.15) is 0 Å². The fourth-order valence-corrected chi connectivity index (χ4v) is 5.62. The first kappa shape index (κ1) is 42.0. The molecule has 11 nitrogen and oxygen atoms in total. The average molecular weight is 933 g/mol. The third-order valence-corrected chi connectivity index (χ3v) is 8.38. The van der Waals surface area contributed by atoms with Crippen LogP contribution in [0.15, 0.2) is 72.8 Å². The van der Waals surface area contributed by atoms with Crippen molar-refractivity contribution in [1.29, 1.82) is 0 Å². The molecule has 0 bridgehead atoms. The number of hydrogen-bond donors (Lipinski definition) is 5. The summed E-state index contributed by atoms with van der Waals surface area (Å²) >= 11 is 4.43. The molecule has 0 saturated carbocycles. The summed E-state index contributed by atoms with van der Waals surface area (Å²) in [4.78, 5) is 34.8. The Balaban J connectivity index is 0.000000276. The highest BCUT2D eigenvalue weighted by atomic mass is 127. The number of amides is 2. The summed E-state index contributed by atoms with van der Waals surface area (Å²) in [5, 5.41) is 15.2. The van der Waals surface area contributed by atoms with Crippen LogP contribution in [0.1, 0.15) is 38.8 Å². The zero-order chi connectivity index (χ0) is 37.3. The predicted octanol–water partition coefficient (Wildman–Crippen LogP) is 7.33. The van der Waals surface area contributed by atoms with E-state index in [9.17, 15) is 18.4 Å². The summed E-state index contributed by atoms with van der Waals surface area (Å²) in [7, 11) is 1.43. The molecule has 4 rings (SSSR count). The van der Waals surface area contributed by atoms with E-state index >= 15 is 0 Å². The number of ether oxygens (including phenoxy) is 2. The molecule has 2 amide bonds. The van der Waals surface area contributed by atoms with Crippen molar-refractivity contribution in [3.05, 3.63) is 114 Å². The topological polar surface area (TPSA) is 139 Å². The maximum Gasteiger partial charge on any atom is 0.276 e. The standard InChI is InChI=1S/C18H20FIN2O4.C18H20FIN2O3/c1-11-7-13(20)4-6-16(11)21-17-8-12(19)3-5-15(17)18(24)22-26-10-14(9-23)25-2;1-3-24-8-9-25-22-18(23)15-6-4-13(19)11-17(15)21-16-7-5-14(20)10-12(16)2/h3-8,14,21,23H,9-10H2,1-2H3,(H,22,24);4-7,10-11,21H,3,8-9H2,1-2H3,(H,22,23). The highest BCUT2D eigenvalue weighted by Gasteiger charge is 2.16. The summed E-state index contributed by atoms with van der Waals surface area (Å²) in [6.07, 6.45) is -0.546. The molecule has 15 heteroatoms. The summed E-state index contributed by atoms with van der Waals surface area (Å²) in [6.45, 7) is 6.70. The third-order valence-electron chi connectivity index (χ3n) is 7.04. The quantitative estimate of drug-likeness (QED) is 0.0444. The lowest BCUT2D eigenvalue weighted by Gasteiger charge is -2.15. The summed E-state index contributed by atoms with van der Waals surface area (Å²) in [5.74, 6) is -1.89. The highest BCUT2D eigenvalue weighted by molar-refractivity contribution is 14.1. The number of carbonyl (C=O) groups is 2. The van der Waals surface area contributed by atoms with Crippen molar-refractivity contribution in [2.24, 2.45) is 0 Å². The molecular weight excluding hydrogens is 892 g/mol. The number of benzene rings is 4. The Labute approximate surface area is 323 Å². The maximum absolute atomic E-state index is 13.7. The van der Waals surface area contributed by atoms with Crippen molar-refractivity contribution in [2.75, 3.05) is 50.8 Å². The van der Waals surface area contributed by atoms with Gasteiger partial charge in [0.1, 0.15) is 24.3 Å². The molecule has 5 N–H and O–H groups in total. The normalized spacial score (nSPS) is 11.2. The molecule has 4 aromatic rings. The lowest BCUT2D eigenvalue weighted by atomic mass is 10.1. The smallest absolute Gasteiger partial charge is 0.276 e. The predicted molar refractivity (Wildman–Crippen MR) is 208 cm³/mol. The molecule has 0 aliphatic heterocycles. The first-order valence-electron chi connectivity index (χ1n) is 15.7. The van der Waals surface area contributed by atoms with Crippen molar-refractivity contribution in [3.63, 3.8) is 0 Å². The Kier molecular flexibility index (Phi) is 17.9. The molecule has 0 heterocycles. The van der Waals surface area contributed by atoms with Crippen LogP contribution < -0.4 is 21.6 Å². The van der Waals surface area contributed by atoms with Gasteiger partial charge in [-0.1, -0.05) is 0 Å². The van der Waals surface area contributed by atoms with E-state index in [1.807, 2.05) is 57.2 Å². The molecular formula is C36H40F2I2N4O7. The van der Waals surface area contributed by atoms with Gasteiger partial charge in [0, 0.05) is 32.2 Å². The molecule has 0 aliphatic rings. The Morgan fingerprint density at radius 3 is 1.65 bits per heavy atom. The first-order valence-corrected chi connectivity index (χ1v) is 17.8. The van der Waals surface area contributed by atoms with Crippen molar-refractivity contribution >= 4 is 79.7 Å². The number of carbonyl (C=O) groups excluding carboxylic acids is 2. The van der Waals surface area contributed by atoms with E-state index < -0.39 is 29.6 Å². The van der Waals surface area contributed by atoms with Crippen LogP contribution in [0, 0.1) is 32.6 Å². The van der Waals surface area contributed by atoms with E-state index in [0.717, 1.165) is 29.6 Å². The zero-order valence-corrected chi connectivity index (χ0v) is 32.8. The van der Waals surface area contributed by atoms with Crippen LogP contribution in [0.4, 0.5) is 31.5 Å². The van der Waals surface area contributed by atoms with Crippen LogP contribution in [0.25, 0.3) is 0 Å². The van der Waals surface area contributed by atoms with Gasteiger partial charge in [0.15, 0.2) is 0 Å². The van der Waals surface area contributed by atoms with Crippen LogP contribution in [-0.4, -0.2) is 63.2 Å². The van der Waals surface area contributed by atoms with Gasteiger partial charge in [-0.25, -0.2) is 19.7 Å². The van der Waals surface area contributed by atoms with Gasteiger partial charge in [0.25, 0.3) is 11.8 Å². The Hall–Kier alpha value is -3.46. The number of anilines is 4. The molecule has 0 aromatic heterocycles. The van der Waals surface area contributed by atoms with Gasteiger partial charge in [-0.05, 0) is 150 Å². The lowest BCUT2D eigenvalue weighted by Crippen LogP contribution is -2.31. The van der Waals surface area contributed by atoms with E-state index in [1.165, 1.54) is 43.5 Å². The van der Waals surface area contributed by atoms with Crippen LogP contribution in [0.2, 0.25) is 0 Å². The number of aryl methyl sites for hydroxylation is 2. The molecule has 1 atom stereocenters. The van der Waals surface area contributed by atoms with Crippen molar-refractivity contribution in [3.8, 4) is 0 Å². The molecule has 0 aliphatic carbocycles. The third kappa shape index (κ3) is 13.9. The van der Waals surface area contributed by atoms with Gasteiger partial charge in [0.05, 0.1) is 42.3 Å². The second kappa shape index (κ2) is 21.8. The fraction of sp³-hybridized carbons (Fsp3) is 0.278. The largest absolute Gasteiger partial charge is 0.394 e. The lowest BCUT2D eigenvalue weighted by molar-refractivity contribution is -0.0469. The molecule has 274 valence electrons. The molecule has 1 unspecified atom stereocenters. The monoisotopic (exact) mass is 932 g/mol. The highest BCUT2D eigenvalue weighted by Crippen LogP contribution is 2.27. The number of aliphatic hydroxyl groups excluding tert-OH is 1. The van der Waals surface area contributed by atoms with Gasteiger partial charge >= 0.3 is 0 Å². The minimum Gasteiger partial charge on any atom is -0.394 e. The number of rotatable bonds is 16. The van der Waals surface area contributed by atoms with Gasteiger partial charge in [-0.15, -0.1) is 0 Å². The van der Waals surface area contributed by atoms with Crippen LogP contribution in [0.3, 0.4) is 0 Å². The molecule has 0 spiro atoms.